The van der Waals surface area contributed by atoms with E-state index in [1.165, 1.54) is 5.56 Å². The average Bonchev–Trinajstić information content (AvgIpc) is 2.96. The molecule has 0 bridgehead atoms. The van der Waals surface area contributed by atoms with Gasteiger partial charge in [0, 0.05) is 17.7 Å². The predicted molar refractivity (Wildman–Crippen MR) is 102 cm³/mol. The van der Waals surface area contributed by atoms with E-state index in [0.29, 0.717) is 12.0 Å². The second-order valence-corrected chi connectivity index (χ2v) is 6.24. The molecule has 0 saturated heterocycles. The number of hydrogen-bond donors (Lipinski definition) is 0. The molecule has 0 spiro atoms. The van der Waals surface area contributed by atoms with Gasteiger partial charge in [-0.2, -0.15) is 0 Å². The van der Waals surface area contributed by atoms with Crippen molar-refractivity contribution in [1.29, 1.82) is 0 Å². The van der Waals surface area contributed by atoms with Gasteiger partial charge in [0.1, 0.15) is 18.1 Å². The first-order valence-electron chi connectivity index (χ1n) is 8.55. The van der Waals surface area contributed by atoms with Gasteiger partial charge in [-0.1, -0.05) is 55.1 Å². The van der Waals surface area contributed by atoms with Gasteiger partial charge in [-0.3, -0.25) is 0 Å². The number of aryl methyl sites for hydroxylation is 1. The lowest BCUT2D eigenvalue weighted by Gasteiger charge is -2.12. The topological polar surface area (TPSA) is 44.1 Å². The SMILES string of the molecule is C=C(C)C(=O)OCc1nc(C)n(-c2ccccc2)c1Cc1ccccc1. The van der Waals surface area contributed by atoms with Gasteiger partial charge in [-0.15, -0.1) is 0 Å². The molecule has 26 heavy (non-hydrogen) atoms. The van der Waals surface area contributed by atoms with E-state index in [1.54, 1.807) is 6.92 Å². The van der Waals surface area contributed by atoms with Crippen molar-refractivity contribution in [1.82, 2.24) is 9.55 Å². The van der Waals surface area contributed by atoms with Crippen molar-refractivity contribution in [3.63, 3.8) is 0 Å². The Balaban J connectivity index is 2.01. The van der Waals surface area contributed by atoms with Crippen LogP contribution in [0.4, 0.5) is 0 Å². The van der Waals surface area contributed by atoms with E-state index in [-0.39, 0.29) is 6.61 Å². The Hall–Kier alpha value is -3.14. The second-order valence-electron chi connectivity index (χ2n) is 6.24. The summed E-state index contributed by atoms with van der Waals surface area (Å²) in [6.07, 6.45) is 0.705. The maximum absolute atomic E-state index is 11.8. The molecule has 0 saturated carbocycles. The van der Waals surface area contributed by atoms with Gasteiger partial charge in [-0.25, -0.2) is 9.78 Å². The smallest absolute Gasteiger partial charge is 0.333 e. The fourth-order valence-electron chi connectivity index (χ4n) is 2.90. The van der Waals surface area contributed by atoms with Crippen LogP contribution in [0.5, 0.6) is 0 Å². The highest BCUT2D eigenvalue weighted by molar-refractivity contribution is 5.86. The molecule has 1 heterocycles. The third kappa shape index (κ3) is 3.91. The fraction of sp³-hybridized carbons (Fsp3) is 0.182. The summed E-state index contributed by atoms with van der Waals surface area (Å²) >= 11 is 0. The van der Waals surface area contributed by atoms with Gasteiger partial charge in [-0.05, 0) is 31.5 Å². The van der Waals surface area contributed by atoms with E-state index in [0.717, 1.165) is 22.9 Å². The van der Waals surface area contributed by atoms with Crippen molar-refractivity contribution in [2.24, 2.45) is 0 Å². The first-order valence-corrected chi connectivity index (χ1v) is 8.55. The normalized spacial score (nSPS) is 10.5. The van der Waals surface area contributed by atoms with Crippen LogP contribution in [0.3, 0.4) is 0 Å². The Labute approximate surface area is 153 Å². The Kier molecular flexibility index (Phi) is 5.32. The van der Waals surface area contributed by atoms with Gasteiger partial charge in [0.2, 0.25) is 0 Å². The summed E-state index contributed by atoms with van der Waals surface area (Å²) in [5.41, 5.74) is 4.39. The molecule has 0 aliphatic heterocycles. The molecule has 0 amide bonds. The molecule has 2 aromatic carbocycles. The zero-order chi connectivity index (χ0) is 18.5. The van der Waals surface area contributed by atoms with Crippen molar-refractivity contribution in [2.45, 2.75) is 26.9 Å². The van der Waals surface area contributed by atoms with Gasteiger partial charge in [0.05, 0.1) is 5.69 Å². The Morgan fingerprint density at radius 2 is 1.69 bits per heavy atom. The lowest BCUT2D eigenvalue weighted by Crippen LogP contribution is -2.08. The summed E-state index contributed by atoms with van der Waals surface area (Å²) in [5, 5.41) is 0. The summed E-state index contributed by atoms with van der Waals surface area (Å²) in [6, 6.07) is 20.3. The van der Waals surface area contributed by atoms with Crippen LogP contribution in [0, 0.1) is 6.92 Å². The monoisotopic (exact) mass is 346 g/mol. The van der Waals surface area contributed by atoms with Crippen LogP contribution in [-0.4, -0.2) is 15.5 Å². The molecule has 0 N–H and O–H groups in total. The molecule has 0 unspecified atom stereocenters. The predicted octanol–water partition coefficient (Wildman–Crippen LogP) is 4.39. The number of hydrogen-bond acceptors (Lipinski definition) is 3. The molecule has 4 nitrogen and oxygen atoms in total. The number of carbonyl (C=O) groups excluding carboxylic acids is 1. The van der Waals surface area contributed by atoms with E-state index in [2.05, 4.69) is 28.3 Å². The molecule has 0 aliphatic rings. The number of esters is 1. The van der Waals surface area contributed by atoms with Crippen molar-refractivity contribution >= 4 is 5.97 Å². The minimum absolute atomic E-state index is 0.133. The maximum Gasteiger partial charge on any atom is 0.333 e. The minimum atomic E-state index is -0.400. The standard InChI is InChI=1S/C22H22N2O2/c1-16(2)22(25)26-15-20-21(14-18-10-6-4-7-11-18)24(17(3)23-20)19-12-8-5-9-13-19/h4-13H,1,14-15H2,2-3H3. The third-order valence-electron chi connectivity index (χ3n) is 4.14. The van der Waals surface area contributed by atoms with Crippen molar-refractivity contribution in [2.75, 3.05) is 0 Å². The molecule has 3 aromatic rings. The fourth-order valence-corrected chi connectivity index (χ4v) is 2.90. The first kappa shape index (κ1) is 17.7. The maximum atomic E-state index is 11.8. The van der Waals surface area contributed by atoms with Crippen LogP contribution in [0.2, 0.25) is 0 Å². The third-order valence-corrected chi connectivity index (χ3v) is 4.14. The molecule has 132 valence electrons. The Bertz CT molecular complexity index is 912. The largest absolute Gasteiger partial charge is 0.456 e. The minimum Gasteiger partial charge on any atom is -0.456 e. The zero-order valence-corrected chi connectivity index (χ0v) is 15.1. The quantitative estimate of drug-likeness (QED) is 0.491. The van der Waals surface area contributed by atoms with Crippen LogP contribution in [-0.2, 0) is 22.6 Å². The van der Waals surface area contributed by atoms with Crippen LogP contribution < -0.4 is 0 Å². The summed E-state index contributed by atoms with van der Waals surface area (Å²) in [4.78, 5) is 16.5. The molecular weight excluding hydrogens is 324 g/mol. The molecule has 0 fully saturated rings. The summed E-state index contributed by atoms with van der Waals surface area (Å²) in [5.74, 6) is 0.464. The number of benzene rings is 2. The van der Waals surface area contributed by atoms with E-state index >= 15 is 0 Å². The van der Waals surface area contributed by atoms with Crippen molar-refractivity contribution in [3.8, 4) is 5.69 Å². The molecule has 3 rings (SSSR count). The number of rotatable bonds is 6. The first-order chi connectivity index (χ1) is 12.6. The summed E-state index contributed by atoms with van der Waals surface area (Å²) in [6.45, 7) is 7.36. The Morgan fingerprint density at radius 3 is 2.31 bits per heavy atom. The zero-order valence-electron chi connectivity index (χ0n) is 15.1. The highest BCUT2D eigenvalue weighted by Crippen LogP contribution is 2.22. The average molecular weight is 346 g/mol. The number of nitrogens with zero attached hydrogens (tertiary/aromatic N) is 2. The van der Waals surface area contributed by atoms with E-state index < -0.39 is 5.97 Å². The van der Waals surface area contributed by atoms with Gasteiger partial charge in [0.15, 0.2) is 0 Å². The van der Waals surface area contributed by atoms with E-state index in [9.17, 15) is 4.79 Å². The van der Waals surface area contributed by atoms with Gasteiger partial charge in [0.25, 0.3) is 0 Å². The molecule has 0 radical (unpaired) electrons. The van der Waals surface area contributed by atoms with Crippen LogP contribution >= 0.6 is 0 Å². The lowest BCUT2D eigenvalue weighted by atomic mass is 10.1. The lowest BCUT2D eigenvalue weighted by molar-refractivity contribution is -0.140. The second kappa shape index (κ2) is 7.83. The highest BCUT2D eigenvalue weighted by atomic mass is 16.5. The van der Waals surface area contributed by atoms with E-state index in [1.807, 2.05) is 55.5 Å². The highest BCUT2D eigenvalue weighted by Gasteiger charge is 2.18. The number of carbonyl (C=O) groups is 1. The molecule has 0 aliphatic carbocycles. The molecule has 1 aromatic heterocycles. The summed E-state index contributed by atoms with van der Waals surface area (Å²) < 4.78 is 7.48. The van der Waals surface area contributed by atoms with Crippen LogP contribution in [0.1, 0.15) is 29.7 Å². The number of imidazole rings is 1. The van der Waals surface area contributed by atoms with Crippen molar-refractivity contribution in [3.05, 3.63) is 95.6 Å². The molecular formula is C22H22N2O2. The summed E-state index contributed by atoms with van der Waals surface area (Å²) in [7, 11) is 0. The van der Waals surface area contributed by atoms with Crippen LogP contribution in [0.15, 0.2) is 72.8 Å². The molecule has 0 atom stereocenters. The molecule has 4 heteroatoms. The van der Waals surface area contributed by atoms with Crippen LogP contribution in [0.25, 0.3) is 5.69 Å². The number of ether oxygens (including phenoxy) is 1. The van der Waals surface area contributed by atoms with Gasteiger partial charge < -0.3 is 9.30 Å². The van der Waals surface area contributed by atoms with E-state index in [4.69, 9.17) is 4.74 Å². The number of aromatic nitrogens is 2. The Morgan fingerprint density at radius 1 is 1.08 bits per heavy atom. The number of para-hydroxylation sites is 1. The van der Waals surface area contributed by atoms with Crippen molar-refractivity contribution < 1.29 is 9.53 Å². The van der Waals surface area contributed by atoms with Gasteiger partial charge >= 0.3 is 5.97 Å².